The predicted octanol–water partition coefficient (Wildman–Crippen LogP) is 1.77. The van der Waals surface area contributed by atoms with Crippen LogP contribution >= 0.6 is 11.6 Å². The maximum Gasteiger partial charge on any atom is 0.317 e. The Hall–Kier alpha value is -3.17. The average Bonchev–Trinajstić information content (AvgIpc) is 3.20. The third-order valence-electron chi connectivity index (χ3n) is 4.19. The highest BCUT2D eigenvalue weighted by molar-refractivity contribution is 6.31. The van der Waals surface area contributed by atoms with E-state index in [1.54, 1.807) is 6.33 Å². The summed E-state index contributed by atoms with van der Waals surface area (Å²) in [6, 6.07) is 5.70. The first-order valence-electron chi connectivity index (χ1n) is 8.15. The van der Waals surface area contributed by atoms with Crippen LogP contribution in [0.2, 0.25) is 5.02 Å². The third kappa shape index (κ3) is 3.42. The zero-order valence-electron chi connectivity index (χ0n) is 14.1. The van der Waals surface area contributed by atoms with Gasteiger partial charge in [0.15, 0.2) is 11.5 Å². The van der Waals surface area contributed by atoms with Crippen LogP contribution in [0.4, 0.5) is 5.82 Å². The highest BCUT2D eigenvalue weighted by Crippen LogP contribution is 2.26. The Balaban J connectivity index is 1.69. The molecular formula is C17H16ClN7O2. The first-order chi connectivity index (χ1) is 13.0. The van der Waals surface area contributed by atoms with Gasteiger partial charge in [0.2, 0.25) is 0 Å². The zero-order valence-corrected chi connectivity index (χ0v) is 14.9. The molecule has 0 amide bonds. The fraction of sp³-hybridized carbons (Fsp3) is 0.176. The van der Waals surface area contributed by atoms with Crippen LogP contribution in [0.5, 0.6) is 0 Å². The van der Waals surface area contributed by atoms with E-state index in [2.05, 4.69) is 25.3 Å². The molecule has 0 spiro atoms. The lowest BCUT2D eigenvalue weighted by Crippen LogP contribution is -2.21. The second-order valence-electron chi connectivity index (χ2n) is 6.12. The Morgan fingerprint density at radius 1 is 1.30 bits per heavy atom. The molecule has 4 rings (SSSR count). The van der Waals surface area contributed by atoms with Crippen molar-refractivity contribution < 1.29 is 9.90 Å². The number of aromatic nitrogens is 5. The second kappa shape index (κ2) is 6.86. The van der Waals surface area contributed by atoms with Gasteiger partial charge in [-0.1, -0.05) is 11.6 Å². The van der Waals surface area contributed by atoms with Gasteiger partial charge in [-0.25, -0.2) is 15.0 Å². The number of carboxylic acids is 1. The molecule has 0 atom stereocenters. The van der Waals surface area contributed by atoms with Crippen LogP contribution in [-0.2, 0) is 17.9 Å². The van der Waals surface area contributed by atoms with Crippen LogP contribution in [0.15, 0.2) is 30.9 Å². The molecule has 27 heavy (non-hydrogen) atoms. The van der Waals surface area contributed by atoms with Crippen LogP contribution in [-0.4, -0.2) is 42.1 Å². The van der Waals surface area contributed by atoms with Gasteiger partial charge >= 0.3 is 5.97 Å². The molecule has 0 saturated heterocycles. The summed E-state index contributed by atoms with van der Waals surface area (Å²) in [5.74, 6) is -0.565. The summed E-state index contributed by atoms with van der Waals surface area (Å²) in [5, 5.41) is 13.2. The highest BCUT2D eigenvalue weighted by Gasteiger charge is 2.12. The van der Waals surface area contributed by atoms with E-state index >= 15 is 0 Å². The standard InChI is InChI=1S/C17H16ClN7O2/c18-11-1-9-3-12(4-20-5-13(26)27)24-14(9)10(2-11)6-25-8-23-15-16(19)21-7-22-17(15)25/h1-3,7-8,20,24H,4-6H2,(H,26,27)(H2,19,21,22). The summed E-state index contributed by atoms with van der Waals surface area (Å²) in [4.78, 5) is 26.5. The Labute approximate surface area is 158 Å². The topological polar surface area (TPSA) is 135 Å². The third-order valence-corrected chi connectivity index (χ3v) is 4.41. The number of nitrogen functional groups attached to an aromatic ring is 1. The molecule has 0 aliphatic carbocycles. The maximum atomic E-state index is 10.7. The van der Waals surface area contributed by atoms with Gasteiger partial charge < -0.3 is 25.7 Å². The van der Waals surface area contributed by atoms with E-state index in [0.29, 0.717) is 35.1 Å². The van der Waals surface area contributed by atoms with Gasteiger partial charge in [-0.15, -0.1) is 0 Å². The molecule has 0 unspecified atom stereocenters. The summed E-state index contributed by atoms with van der Waals surface area (Å²) < 4.78 is 1.88. The van der Waals surface area contributed by atoms with Crippen molar-refractivity contribution in [3.05, 3.63) is 47.1 Å². The molecule has 10 heteroatoms. The smallest absolute Gasteiger partial charge is 0.317 e. The van der Waals surface area contributed by atoms with E-state index in [1.807, 2.05) is 22.8 Å². The minimum atomic E-state index is -0.900. The van der Waals surface area contributed by atoms with Crippen LogP contribution in [0, 0.1) is 0 Å². The number of nitrogens with one attached hydrogen (secondary N) is 2. The number of hydrogen-bond donors (Lipinski definition) is 4. The Morgan fingerprint density at radius 2 is 2.15 bits per heavy atom. The van der Waals surface area contributed by atoms with Gasteiger partial charge in [0, 0.05) is 22.6 Å². The number of benzene rings is 1. The number of carboxylic acid groups (broad SMARTS) is 1. The second-order valence-corrected chi connectivity index (χ2v) is 6.56. The Morgan fingerprint density at radius 3 is 2.96 bits per heavy atom. The van der Waals surface area contributed by atoms with Gasteiger partial charge in [0.05, 0.1) is 24.9 Å². The number of H-pyrrole nitrogens is 1. The molecule has 1 aromatic carbocycles. The number of anilines is 1. The molecule has 5 N–H and O–H groups in total. The molecule has 4 aromatic rings. The van der Waals surface area contributed by atoms with E-state index in [-0.39, 0.29) is 6.54 Å². The molecule has 3 aromatic heterocycles. The van der Waals surface area contributed by atoms with Gasteiger partial charge in [-0.3, -0.25) is 4.79 Å². The van der Waals surface area contributed by atoms with E-state index in [9.17, 15) is 4.79 Å². The quantitative estimate of drug-likeness (QED) is 0.397. The summed E-state index contributed by atoms with van der Waals surface area (Å²) in [6.07, 6.45) is 3.07. The fourth-order valence-electron chi connectivity index (χ4n) is 3.06. The monoisotopic (exact) mass is 385 g/mol. The Kier molecular flexibility index (Phi) is 4.38. The van der Waals surface area contributed by atoms with Gasteiger partial charge in [-0.05, 0) is 23.8 Å². The molecule has 138 valence electrons. The van der Waals surface area contributed by atoms with E-state index in [4.69, 9.17) is 22.4 Å². The molecule has 9 nitrogen and oxygen atoms in total. The number of rotatable bonds is 6. The normalized spacial score (nSPS) is 11.4. The number of halogens is 1. The molecule has 0 saturated carbocycles. The van der Waals surface area contributed by atoms with Crippen molar-refractivity contribution in [2.24, 2.45) is 0 Å². The number of hydrogen-bond acceptors (Lipinski definition) is 6. The summed E-state index contributed by atoms with van der Waals surface area (Å²) in [7, 11) is 0. The van der Waals surface area contributed by atoms with Crippen molar-refractivity contribution in [3.8, 4) is 0 Å². The maximum absolute atomic E-state index is 10.7. The van der Waals surface area contributed by atoms with Crippen LogP contribution in [0.25, 0.3) is 22.1 Å². The molecule has 0 fully saturated rings. The van der Waals surface area contributed by atoms with E-state index in [0.717, 1.165) is 22.2 Å². The fourth-order valence-corrected chi connectivity index (χ4v) is 3.31. The van der Waals surface area contributed by atoms with Crippen molar-refractivity contribution in [2.45, 2.75) is 13.1 Å². The first-order valence-corrected chi connectivity index (χ1v) is 8.53. The summed E-state index contributed by atoms with van der Waals surface area (Å²) in [6.45, 7) is 0.799. The SMILES string of the molecule is Nc1ncnc2c1ncn2Cc1cc(Cl)cc2cc(CNCC(=O)O)[nH]c12. The lowest BCUT2D eigenvalue weighted by atomic mass is 10.1. The van der Waals surface area contributed by atoms with E-state index in [1.165, 1.54) is 6.33 Å². The zero-order chi connectivity index (χ0) is 19.0. The number of carbonyl (C=O) groups is 1. The number of nitrogens with zero attached hydrogens (tertiary/aromatic N) is 4. The van der Waals surface area contributed by atoms with Crippen molar-refractivity contribution >= 4 is 45.5 Å². The summed E-state index contributed by atoms with van der Waals surface area (Å²) >= 11 is 6.28. The minimum Gasteiger partial charge on any atom is -0.480 e. The highest BCUT2D eigenvalue weighted by atomic mass is 35.5. The van der Waals surface area contributed by atoms with Crippen LogP contribution in [0.3, 0.4) is 0 Å². The Bertz CT molecular complexity index is 1150. The number of fused-ring (bicyclic) bond motifs is 2. The predicted molar refractivity (Wildman–Crippen MR) is 101 cm³/mol. The van der Waals surface area contributed by atoms with Crippen molar-refractivity contribution in [1.29, 1.82) is 0 Å². The molecule has 3 heterocycles. The van der Waals surface area contributed by atoms with Crippen molar-refractivity contribution in [3.63, 3.8) is 0 Å². The minimum absolute atomic E-state index is 0.106. The number of aromatic amines is 1. The number of nitrogens with two attached hydrogens (primary N) is 1. The van der Waals surface area contributed by atoms with Gasteiger partial charge in [-0.2, -0.15) is 0 Å². The molecular weight excluding hydrogens is 370 g/mol. The van der Waals surface area contributed by atoms with Crippen molar-refractivity contribution in [2.75, 3.05) is 12.3 Å². The molecule has 0 aliphatic rings. The van der Waals surface area contributed by atoms with Gasteiger partial charge in [0.1, 0.15) is 11.8 Å². The molecule has 0 aliphatic heterocycles. The molecule has 0 bridgehead atoms. The largest absolute Gasteiger partial charge is 0.480 e. The first kappa shape index (κ1) is 17.3. The van der Waals surface area contributed by atoms with Gasteiger partial charge in [0.25, 0.3) is 0 Å². The number of aliphatic carboxylic acids is 1. The lowest BCUT2D eigenvalue weighted by molar-refractivity contribution is -0.135. The number of imidazole rings is 1. The van der Waals surface area contributed by atoms with Crippen LogP contribution < -0.4 is 11.1 Å². The molecule has 0 radical (unpaired) electrons. The lowest BCUT2D eigenvalue weighted by Gasteiger charge is -2.07. The van der Waals surface area contributed by atoms with Crippen molar-refractivity contribution in [1.82, 2.24) is 29.8 Å². The van der Waals surface area contributed by atoms with Crippen LogP contribution in [0.1, 0.15) is 11.3 Å². The van der Waals surface area contributed by atoms with E-state index < -0.39 is 5.97 Å². The average molecular weight is 386 g/mol. The summed E-state index contributed by atoms with van der Waals surface area (Å²) in [5.41, 5.74) is 9.80.